The molecule has 0 fully saturated rings. The van der Waals surface area contributed by atoms with E-state index >= 15 is 0 Å². The standard InChI is InChI=1S/C20H39N4/c1-2-3-4-5-6-7-8-9-10-11-12-13-14-15-16-17-18-19-20-21-23-24-22-20/h1-19H2,(H,21,22,23,24). The first kappa shape index (κ1) is 21.1. The molecule has 1 heterocycles. The fourth-order valence-electron chi connectivity index (χ4n) is 3.23. The molecule has 1 N–H and O–H groups in total. The van der Waals surface area contributed by atoms with Crippen LogP contribution in [0.5, 0.6) is 0 Å². The van der Waals surface area contributed by atoms with Crippen molar-refractivity contribution >= 4 is 0 Å². The summed E-state index contributed by atoms with van der Waals surface area (Å²) in [6, 6.07) is 0. The normalized spacial score (nSPS) is 11.2. The number of aryl methyl sites for hydroxylation is 1. The molecule has 0 saturated heterocycles. The van der Waals surface area contributed by atoms with Gasteiger partial charge in [-0.3, -0.25) is 0 Å². The Morgan fingerprint density at radius 1 is 0.583 bits per heavy atom. The predicted octanol–water partition coefficient (Wildman–Crippen LogP) is 6.21. The van der Waals surface area contributed by atoms with E-state index in [1.165, 1.54) is 103 Å². The zero-order valence-electron chi connectivity index (χ0n) is 15.8. The summed E-state index contributed by atoms with van der Waals surface area (Å²) in [6.45, 7) is 3.89. The number of rotatable bonds is 18. The van der Waals surface area contributed by atoms with E-state index < -0.39 is 0 Å². The molecular weight excluding hydrogens is 296 g/mol. The maximum absolute atomic E-state index is 3.91. The Morgan fingerprint density at radius 2 is 1.00 bits per heavy atom. The number of nitrogens with one attached hydrogen (secondary N) is 1. The molecule has 0 aliphatic heterocycles. The van der Waals surface area contributed by atoms with Gasteiger partial charge in [-0.1, -0.05) is 110 Å². The number of hydrogen-bond acceptors (Lipinski definition) is 3. The molecule has 0 aliphatic rings. The van der Waals surface area contributed by atoms with Gasteiger partial charge in [0, 0.05) is 6.42 Å². The van der Waals surface area contributed by atoms with Gasteiger partial charge < -0.3 is 0 Å². The Hall–Kier alpha value is -0.930. The second-order valence-electron chi connectivity index (χ2n) is 7.11. The molecule has 0 aromatic carbocycles. The van der Waals surface area contributed by atoms with Crippen molar-refractivity contribution in [1.82, 2.24) is 20.6 Å². The van der Waals surface area contributed by atoms with Crippen molar-refractivity contribution in [2.24, 2.45) is 0 Å². The van der Waals surface area contributed by atoms with Crippen molar-refractivity contribution in [3.63, 3.8) is 0 Å². The fourth-order valence-corrected chi connectivity index (χ4v) is 3.23. The van der Waals surface area contributed by atoms with Crippen LogP contribution in [0.1, 0.15) is 115 Å². The number of aromatic amines is 1. The summed E-state index contributed by atoms with van der Waals surface area (Å²) in [4.78, 5) is 0. The Labute approximate surface area is 149 Å². The highest BCUT2D eigenvalue weighted by atomic mass is 15.5. The van der Waals surface area contributed by atoms with Crippen LogP contribution in [0.2, 0.25) is 0 Å². The molecule has 0 aliphatic carbocycles. The van der Waals surface area contributed by atoms with Gasteiger partial charge in [-0.15, -0.1) is 5.10 Å². The van der Waals surface area contributed by atoms with Gasteiger partial charge in [0.2, 0.25) is 0 Å². The molecular formula is C20H39N4. The van der Waals surface area contributed by atoms with E-state index in [0.717, 1.165) is 18.7 Å². The summed E-state index contributed by atoms with van der Waals surface area (Å²) in [5, 5.41) is 13.9. The van der Waals surface area contributed by atoms with E-state index in [-0.39, 0.29) is 0 Å². The summed E-state index contributed by atoms with van der Waals surface area (Å²) in [6.07, 6.45) is 24.4. The van der Waals surface area contributed by atoms with Crippen molar-refractivity contribution in [1.29, 1.82) is 0 Å². The van der Waals surface area contributed by atoms with Crippen molar-refractivity contribution in [2.75, 3.05) is 0 Å². The smallest absolute Gasteiger partial charge is 0.148 e. The Bertz CT molecular complexity index is 337. The van der Waals surface area contributed by atoms with Crippen LogP contribution in [-0.2, 0) is 6.42 Å². The van der Waals surface area contributed by atoms with Gasteiger partial charge in [0.05, 0.1) is 0 Å². The molecule has 139 valence electrons. The molecule has 0 atom stereocenters. The lowest BCUT2D eigenvalue weighted by Gasteiger charge is -2.03. The lowest BCUT2D eigenvalue weighted by Crippen LogP contribution is -1.89. The third kappa shape index (κ3) is 13.5. The number of nitrogens with zero attached hydrogens (tertiary/aromatic N) is 3. The summed E-state index contributed by atoms with van der Waals surface area (Å²) in [5.41, 5.74) is 0. The quantitative estimate of drug-likeness (QED) is 0.324. The zero-order valence-corrected chi connectivity index (χ0v) is 15.8. The van der Waals surface area contributed by atoms with Gasteiger partial charge in [0.15, 0.2) is 0 Å². The molecule has 1 radical (unpaired) electrons. The van der Waals surface area contributed by atoms with Gasteiger partial charge in [-0.2, -0.15) is 0 Å². The van der Waals surface area contributed by atoms with E-state index in [4.69, 9.17) is 0 Å². The highest BCUT2D eigenvalue weighted by Gasteiger charge is 1.97. The molecule has 24 heavy (non-hydrogen) atoms. The van der Waals surface area contributed by atoms with Gasteiger partial charge in [-0.05, 0) is 16.8 Å². The number of H-pyrrole nitrogens is 1. The summed E-state index contributed by atoms with van der Waals surface area (Å²) < 4.78 is 0. The van der Waals surface area contributed by atoms with E-state index in [2.05, 4.69) is 27.5 Å². The largest absolute Gasteiger partial charge is 0.243 e. The van der Waals surface area contributed by atoms with Gasteiger partial charge in [0.25, 0.3) is 0 Å². The molecule has 1 aromatic heterocycles. The van der Waals surface area contributed by atoms with Crippen LogP contribution in [0.25, 0.3) is 0 Å². The van der Waals surface area contributed by atoms with Crippen LogP contribution >= 0.6 is 0 Å². The van der Waals surface area contributed by atoms with E-state index in [1.54, 1.807) is 0 Å². The summed E-state index contributed by atoms with van der Waals surface area (Å²) >= 11 is 0. The van der Waals surface area contributed by atoms with Crippen molar-refractivity contribution in [2.45, 2.75) is 116 Å². The fraction of sp³-hybridized carbons (Fsp3) is 0.900. The average molecular weight is 336 g/mol. The van der Waals surface area contributed by atoms with Crippen LogP contribution in [0.3, 0.4) is 0 Å². The molecule has 4 nitrogen and oxygen atoms in total. The van der Waals surface area contributed by atoms with Crippen molar-refractivity contribution < 1.29 is 0 Å². The average Bonchev–Trinajstić information content (AvgIpc) is 3.11. The number of aromatic nitrogens is 4. The van der Waals surface area contributed by atoms with Gasteiger partial charge in [-0.25, -0.2) is 5.10 Å². The first-order chi connectivity index (χ1) is 11.9. The van der Waals surface area contributed by atoms with Crippen LogP contribution in [-0.4, -0.2) is 20.6 Å². The zero-order chi connectivity index (χ0) is 17.1. The highest BCUT2D eigenvalue weighted by Crippen LogP contribution is 2.14. The lowest BCUT2D eigenvalue weighted by molar-refractivity contribution is 0.527. The summed E-state index contributed by atoms with van der Waals surface area (Å²) in [5.74, 6) is 0.924. The minimum Gasteiger partial charge on any atom is -0.243 e. The molecule has 0 spiro atoms. The van der Waals surface area contributed by atoms with Crippen LogP contribution < -0.4 is 0 Å². The predicted molar refractivity (Wildman–Crippen MR) is 102 cm³/mol. The molecule has 1 rings (SSSR count). The minimum atomic E-state index is 0.924. The highest BCUT2D eigenvalue weighted by molar-refractivity contribution is 4.74. The molecule has 4 heteroatoms. The van der Waals surface area contributed by atoms with Crippen molar-refractivity contribution in [3.8, 4) is 0 Å². The minimum absolute atomic E-state index is 0.924. The topological polar surface area (TPSA) is 54.5 Å². The monoisotopic (exact) mass is 335 g/mol. The first-order valence-electron chi connectivity index (χ1n) is 10.5. The Balaban J connectivity index is 1.66. The third-order valence-corrected chi connectivity index (χ3v) is 4.80. The van der Waals surface area contributed by atoms with E-state index in [1.807, 2.05) is 0 Å². The maximum Gasteiger partial charge on any atom is 0.148 e. The number of tetrazole rings is 1. The second-order valence-corrected chi connectivity index (χ2v) is 7.11. The number of hydrogen-bond donors (Lipinski definition) is 1. The Kier molecular flexibility index (Phi) is 14.9. The van der Waals surface area contributed by atoms with Gasteiger partial charge in [0.1, 0.15) is 5.82 Å². The van der Waals surface area contributed by atoms with E-state index in [9.17, 15) is 0 Å². The second kappa shape index (κ2) is 16.9. The Morgan fingerprint density at radius 3 is 1.38 bits per heavy atom. The maximum atomic E-state index is 3.91. The third-order valence-electron chi connectivity index (χ3n) is 4.80. The molecule has 0 unspecified atom stereocenters. The summed E-state index contributed by atoms with van der Waals surface area (Å²) in [7, 11) is 0. The van der Waals surface area contributed by atoms with E-state index in [0.29, 0.717) is 0 Å². The van der Waals surface area contributed by atoms with Crippen LogP contribution in [0.15, 0.2) is 0 Å². The number of unbranched alkanes of at least 4 members (excludes halogenated alkanes) is 16. The van der Waals surface area contributed by atoms with Crippen LogP contribution in [0, 0.1) is 6.92 Å². The SMILES string of the molecule is [CH2]CCCCCCCCCCCCCCCCCCc1nnn[nH]1. The molecule has 0 bridgehead atoms. The molecule has 1 aromatic rings. The lowest BCUT2D eigenvalue weighted by atomic mass is 10.0. The van der Waals surface area contributed by atoms with Gasteiger partial charge >= 0.3 is 0 Å². The first-order valence-corrected chi connectivity index (χ1v) is 10.5. The van der Waals surface area contributed by atoms with Crippen molar-refractivity contribution in [3.05, 3.63) is 12.7 Å². The molecule has 0 amide bonds. The molecule has 0 saturated carbocycles. The van der Waals surface area contributed by atoms with Crippen LogP contribution in [0.4, 0.5) is 0 Å².